The minimum atomic E-state index is -0.611. The summed E-state index contributed by atoms with van der Waals surface area (Å²) in [6, 6.07) is 5.86. The fraction of sp³-hybridized carbons (Fsp3) is 0.375. The Kier molecular flexibility index (Phi) is 5.65. The predicted octanol–water partition coefficient (Wildman–Crippen LogP) is 1.38. The first-order chi connectivity index (χ1) is 5.13. The van der Waals surface area contributed by atoms with Crippen LogP contribution in [-0.2, 0) is 10.8 Å². The maximum atomic E-state index is 9.56. The molecule has 0 spiro atoms. The highest BCUT2D eigenvalue weighted by Crippen LogP contribution is 1.85. The Morgan fingerprint density at radius 3 is 2.09 bits per heavy atom. The van der Waals surface area contributed by atoms with Crippen molar-refractivity contribution in [2.24, 2.45) is 0 Å². The summed E-state index contributed by atoms with van der Waals surface area (Å²) in [4.78, 5) is 3.98. The molecule has 3 heteroatoms. The van der Waals surface area contributed by atoms with Gasteiger partial charge in [0.05, 0.1) is 0 Å². The largest absolute Gasteiger partial charge is 0.262 e. The molecule has 0 aliphatic heterocycles. The van der Waals surface area contributed by atoms with Crippen LogP contribution in [0, 0.1) is 6.92 Å². The number of nitrogens with zero attached hydrogens (tertiary/aromatic N) is 1. The molecule has 0 bridgehead atoms. The van der Waals surface area contributed by atoms with Gasteiger partial charge < -0.3 is 0 Å². The topological polar surface area (TPSA) is 30.0 Å². The standard InChI is InChI=1S/C6H7N.C2H6OS/c1-6-4-2-3-5-7-6;1-4(2)3/h2-5H,1H3;1-2H3. The van der Waals surface area contributed by atoms with Crippen LogP contribution in [0.1, 0.15) is 5.69 Å². The third-order valence-electron chi connectivity index (χ3n) is 0.813. The summed E-state index contributed by atoms with van der Waals surface area (Å²) in [5.74, 6) is 0. The molecule has 1 heterocycles. The van der Waals surface area contributed by atoms with E-state index in [1.165, 1.54) is 0 Å². The minimum Gasteiger partial charge on any atom is -0.262 e. The van der Waals surface area contributed by atoms with Gasteiger partial charge in [-0.1, -0.05) is 6.07 Å². The Hall–Kier alpha value is -0.700. The van der Waals surface area contributed by atoms with Gasteiger partial charge in [0.1, 0.15) is 0 Å². The van der Waals surface area contributed by atoms with Crippen molar-refractivity contribution in [1.29, 1.82) is 0 Å². The summed E-state index contributed by atoms with van der Waals surface area (Å²) in [5, 5.41) is 0. The van der Waals surface area contributed by atoms with Crippen molar-refractivity contribution in [3.8, 4) is 0 Å². The van der Waals surface area contributed by atoms with Crippen molar-refractivity contribution in [1.82, 2.24) is 4.98 Å². The number of aryl methyl sites for hydroxylation is 1. The molecule has 0 aromatic carbocycles. The van der Waals surface area contributed by atoms with Crippen molar-refractivity contribution in [3.05, 3.63) is 30.1 Å². The van der Waals surface area contributed by atoms with Crippen molar-refractivity contribution < 1.29 is 4.21 Å². The highest BCUT2D eigenvalue weighted by atomic mass is 32.2. The summed E-state index contributed by atoms with van der Waals surface area (Å²) in [6.07, 6.45) is 5.06. The summed E-state index contributed by atoms with van der Waals surface area (Å²) < 4.78 is 9.56. The quantitative estimate of drug-likeness (QED) is 0.590. The lowest BCUT2D eigenvalue weighted by atomic mass is 10.4. The molecule has 62 valence electrons. The number of rotatable bonds is 0. The minimum absolute atomic E-state index is 0.611. The van der Waals surface area contributed by atoms with Crippen LogP contribution in [0.3, 0.4) is 0 Å². The molecule has 1 aromatic heterocycles. The molecule has 0 aliphatic carbocycles. The van der Waals surface area contributed by atoms with Gasteiger partial charge in [-0.15, -0.1) is 0 Å². The Morgan fingerprint density at radius 2 is 1.91 bits per heavy atom. The van der Waals surface area contributed by atoms with E-state index in [0.29, 0.717) is 0 Å². The van der Waals surface area contributed by atoms with Gasteiger partial charge in [-0.25, -0.2) is 0 Å². The third-order valence-corrected chi connectivity index (χ3v) is 0.813. The van der Waals surface area contributed by atoms with E-state index in [1.807, 2.05) is 25.1 Å². The first-order valence-electron chi connectivity index (χ1n) is 3.25. The summed E-state index contributed by atoms with van der Waals surface area (Å²) in [5.41, 5.74) is 1.07. The Morgan fingerprint density at radius 1 is 1.36 bits per heavy atom. The molecule has 1 rings (SSSR count). The summed E-state index contributed by atoms with van der Waals surface area (Å²) in [7, 11) is -0.611. The number of pyridine rings is 1. The first kappa shape index (κ1) is 10.3. The zero-order chi connectivity index (χ0) is 8.69. The third kappa shape index (κ3) is 9.30. The van der Waals surface area contributed by atoms with Crippen LogP contribution in [0.4, 0.5) is 0 Å². The molecular formula is C8H13NOS. The number of hydrogen-bond acceptors (Lipinski definition) is 2. The van der Waals surface area contributed by atoms with Gasteiger partial charge in [-0.05, 0) is 19.1 Å². The van der Waals surface area contributed by atoms with Gasteiger partial charge in [-0.3, -0.25) is 9.19 Å². The van der Waals surface area contributed by atoms with Crippen molar-refractivity contribution >= 4 is 10.8 Å². The fourth-order valence-corrected chi connectivity index (χ4v) is 0.448. The highest BCUT2D eigenvalue weighted by Gasteiger charge is 1.73. The van der Waals surface area contributed by atoms with E-state index in [0.717, 1.165) is 5.69 Å². The van der Waals surface area contributed by atoms with Crippen LogP contribution in [0.15, 0.2) is 24.4 Å². The second-order valence-corrected chi connectivity index (χ2v) is 3.70. The molecule has 0 saturated heterocycles. The van der Waals surface area contributed by atoms with Crippen molar-refractivity contribution in [3.63, 3.8) is 0 Å². The van der Waals surface area contributed by atoms with Crippen LogP contribution in [-0.4, -0.2) is 21.7 Å². The molecular weight excluding hydrogens is 158 g/mol. The van der Waals surface area contributed by atoms with E-state index in [4.69, 9.17) is 0 Å². The molecule has 0 aliphatic rings. The molecule has 0 atom stereocenters. The van der Waals surface area contributed by atoms with E-state index < -0.39 is 10.8 Å². The highest BCUT2D eigenvalue weighted by molar-refractivity contribution is 7.83. The second-order valence-electron chi connectivity index (χ2n) is 2.21. The monoisotopic (exact) mass is 171 g/mol. The summed E-state index contributed by atoms with van der Waals surface area (Å²) >= 11 is 0. The zero-order valence-electron chi connectivity index (χ0n) is 7.07. The van der Waals surface area contributed by atoms with Gasteiger partial charge in [0.2, 0.25) is 0 Å². The van der Waals surface area contributed by atoms with Crippen LogP contribution in [0.25, 0.3) is 0 Å². The molecule has 0 amide bonds. The molecule has 0 fully saturated rings. The number of hydrogen-bond donors (Lipinski definition) is 0. The average Bonchev–Trinajstić information content (AvgIpc) is 1.87. The molecule has 0 unspecified atom stereocenters. The molecule has 1 aromatic rings. The van der Waals surface area contributed by atoms with Gasteiger partial charge in [0, 0.05) is 35.2 Å². The second kappa shape index (κ2) is 6.04. The van der Waals surface area contributed by atoms with E-state index in [9.17, 15) is 4.21 Å². The predicted molar refractivity (Wildman–Crippen MR) is 49.0 cm³/mol. The lowest BCUT2D eigenvalue weighted by Crippen LogP contribution is -1.72. The van der Waals surface area contributed by atoms with E-state index >= 15 is 0 Å². The molecule has 11 heavy (non-hydrogen) atoms. The Balaban J connectivity index is 0.000000218. The van der Waals surface area contributed by atoms with Gasteiger partial charge in [-0.2, -0.15) is 0 Å². The maximum Gasteiger partial charge on any atom is 0.0372 e. The van der Waals surface area contributed by atoms with E-state index in [1.54, 1.807) is 18.7 Å². The number of aromatic nitrogens is 1. The molecule has 0 radical (unpaired) electrons. The smallest absolute Gasteiger partial charge is 0.0372 e. The molecule has 0 saturated carbocycles. The lowest BCUT2D eigenvalue weighted by Gasteiger charge is -1.82. The SMILES string of the molecule is CS(C)=O.Cc1ccccn1. The van der Waals surface area contributed by atoms with Gasteiger partial charge in [0.15, 0.2) is 0 Å². The van der Waals surface area contributed by atoms with Gasteiger partial charge in [0.25, 0.3) is 0 Å². The van der Waals surface area contributed by atoms with Crippen molar-refractivity contribution in [2.45, 2.75) is 6.92 Å². The Bertz CT molecular complexity index is 207. The first-order valence-corrected chi connectivity index (χ1v) is 5.22. The maximum absolute atomic E-state index is 9.56. The normalized spacial score (nSPS) is 8.73. The van der Waals surface area contributed by atoms with Crippen molar-refractivity contribution in [2.75, 3.05) is 12.5 Å². The Labute approximate surface area is 70.1 Å². The molecule has 2 nitrogen and oxygen atoms in total. The van der Waals surface area contributed by atoms with Crippen LogP contribution < -0.4 is 0 Å². The van der Waals surface area contributed by atoms with Gasteiger partial charge >= 0.3 is 0 Å². The average molecular weight is 171 g/mol. The fourth-order valence-electron chi connectivity index (χ4n) is 0.448. The zero-order valence-corrected chi connectivity index (χ0v) is 7.89. The van der Waals surface area contributed by atoms with Crippen LogP contribution in [0.5, 0.6) is 0 Å². The van der Waals surface area contributed by atoms with Crippen LogP contribution in [0.2, 0.25) is 0 Å². The van der Waals surface area contributed by atoms with E-state index in [2.05, 4.69) is 4.98 Å². The molecule has 0 N–H and O–H groups in total. The van der Waals surface area contributed by atoms with E-state index in [-0.39, 0.29) is 0 Å². The lowest BCUT2D eigenvalue weighted by molar-refractivity contribution is 0.690. The summed E-state index contributed by atoms with van der Waals surface area (Å²) in [6.45, 7) is 1.97. The van der Waals surface area contributed by atoms with Crippen LogP contribution >= 0.6 is 0 Å².